The van der Waals surface area contributed by atoms with Gasteiger partial charge in [0.25, 0.3) is 0 Å². The number of aryl methyl sites for hydroxylation is 1. The van der Waals surface area contributed by atoms with Crippen LogP contribution >= 0.6 is 11.6 Å². The van der Waals surface area contributed by atoms with Crippen LogP contribution in [0.3, 0.4) is 0 Å². The molecule has 1 N–H and O–H groups in total. The van der Waals surface area contributed by atoms with Gasteiger partial charge in [-0.2, -0.15) is 0 Å². The van der Waals surface area contributed by atoms with Gasteiger partial charge in [-0.25, -0.2) is 14.0 Å². The quantitative estimate of drug-likeness (QED) is 0.757. The number of benzene rings is 1. The summed E-state index contributed by atoms with van der Waals surface area (Å²) in [4.78, 5) is 39.0. The number of carbonyl (C=O) groups excluding carboxylic acids is 1. The van der Waals surface area contributed by atoms with Gasteiger partial charge in [0.2, 0.25) is 5.43 Å². The van der Waals surface area contributed by atoms with Crippen molar-refractivity contribution < 1.29 is 23.8 Å². The Morgan fingerprint density at radius 2 is 1.93 bits per heavy atom. The normalized spacial score (nSPS) is 15.4. The van der Waals surface area contributed by atoms with E-state index in [1.54, 1.807) is 29.4 Å². The molecule has 1 saturated heterocycles. The maximum atomic E-state index is 14.8. The number of hydrogen-bond acceptors (Lipinski definition) is 5. The number of piperazine rings is 1. The van der Waals surface area contributed by atoms with Crippen molar-refractivity contribution in [3.8, 4) is 0 Å². The number of rotatable bonds is 4. The predicted octanol–water partition coefficient (Wildman–Crippen LogP) is 2.70. The summed E-state index contributed by atoms with van der Waals surface area (Å²) in [6, 6.07) is 2.64. The molecule has 29 heavy (non-hydrogen) atoms. The van der Waals surface area contributed by atoms with E-state index in [0.29, 0.717) is 43.9 Å². The first-order chi connectivity index (χ1) is 13.7. The first kappa shape index (κ1) is 20.9. The minimum atomic E-state index is -1.35. The molecule has 1 unspecified atom stereocenters. The van der Waals surface area contributed by atoms with E-state index in [2.05, 4.69) is 0 Å². The number of carbonyl (C=O) groups is 2. The van der Waals surface area contributed by atoms with Crippen molar-refractivity contribution in [3.05, 3.63) is 39.9 Å². The second kappa shape index (κ2) is 8.28. The van der Waals surface area contributed by atoms with Gasteiger partial charge >= 0.3 is 12.1 Å². The zero-order valence-corrected chi connectivity index (χ0v) is 16.8. The number of carboxylic acids is 1. The van der Waals surface area contributed by atoms with Crippen LogP contribution in [0.15, 0.2) is 23.1 Å². The number of ether oxygens (including phenoxy) is 1. The minimum absolute atomic E-state index is 0.0197. The summed E-state index contributed by atoms with van der Waals surface area (Å²) in [5.41, 5.74) is -1.10. The van der Waals surface area contributed by atoms with Crippen molar-refractivity contribution in [3.63, 3.8) is 0 Å². The maximum Gasteiger partial charge on any atom is 0.411 e. The fourth-order valence-corrected chi connectivity index (χ4v) is 3.48. The molecule has 1 fully saturated rings. The Balaban J connectivity index is 1.93. The van der Waals surface area contributed by atoms with Crippen LogP contribution in [-0.4, -0.2) is 58.4 Å². The van der Waals surface area contributed by atoms with E-state index in [0.717, 1.165) is 6.07 Å². The van der Waals surface area contributed by atoms with Crippen LogP contribution in [0.1, 0.15) is 24.2 Å². The Morgan fingerprint density at radius 1 is 1.28 bits per heavy atom. The van der Waals surface area contributed by atoms with E-state index >= 15 is 0 Å². The predicted molar refractivity (Wildman–Crippen MR) is 106 cm³/mol. The Hall–Kier alpha value is -2.81. The van der Waals surface area contributed by atoms with Gasteiger partial charge in [0.15, 0.2) is 5.56 Å². The Labute approximate surface area is 171 Å². The third-order valence-electron chi connectivity index (χ3n) is 4.86. The minimum Gasteiger partial charge on any atom is -0.477 e. The van der Waals surface area contributed by atoms with Crippen molar-refractivity contribution in [2.24, 2.45) is 0 Å². The number of pyridine rings is 1. The van der Waals surface area contributed by atoms with Crippen LogP contribution < -0.4 is 10.3 Å². The lowest BCUT2D eigenvalue weighted by molar-refractivity contribution is 0.0694. The van der Waals surface area contributed by atoms with Crippen molar-refractivity contribution in [1.29, 1.82) is 0 Å². The Kier molecular flexibility index (Phi) is 5.97. The number of aromatic nitrogens is 1. The van der Waals surface area contributed by atoms with E-state index in [1.165, 1.54) is 11.1 Å². The number of carboxylic acid groups (broad SMARTS) is 1. The SMILES string of the molecule is CCn1cc(C(=O)O)c(=O)c2cc(F)c(N3CCN(C(=O)OC(C)Cl)CC3)cc21. The molecule has 0 spiro atoms. The molecule has 1 aromatic carbocycles. The number of hydrogen-bond donors (Lipinski definition) is 1. The second-order valence-corrected chi connectivity index (χ2v) is 7.30. The summed E-state index contributed by atoms with van der Waals surface area (Å²) in [5.74, 6) is -1.97. The molecule has 10 heteroatoms. The highest BCUT2D eigenvalue weighted by Crippen LogP contribution is 2.26. The first-order valence-corrected chi connectivity index (χ1v) is 9.61. The lowest BCUT2D eigenvalue weighted by Gasteiger charge is -2.36. The van der Waals surface area contributed by atoms with Crippen LogP contribution in [0.25, 0.3) is 10.9 Å². The van der Waals surface area contributed by atoms with Gasteiger partial charge in [-0.3, -0.25) is 4.79 Å². The number of alkyl halides is 1. The standard InChI is InChI=1S/C19H21ClFN3O5/c1-3-22-10-13(18(26)27)17(25)12-8-14(21)16(9-15(12)22)23-4-6-24(7-5-23)19(28)29-11(2)20/h8-11H,3-7H2,1-2H3,(H,26,27). The van der Waals surface area contributed by atoms with Gasteiger partial charge in [0, 0.05) is 44.3 Å². The van der Waals surface area contributed by atoms with Crippen LogP contribution in [-0.2, 0) is 11.3 Å². The summed E-state index contributed by atoms with van der Waals surface area (Å²) in [5, 5.41) is 9.25. The molecule has 1 aliphatic rings. The molecule has 2 heterocycles. The van der Waals surface area contributed by atoms with Gasteiger partial charge < -0.3 is 24.2 Å². The van der Waals surface area contributed by atoms with Crippen LogP contribution in [0.5, 0.6) is 0 Å². The van der Waals surface area contributed by atoms with Crippen molar-refractivity contribution in [1.82, 2.24) is 9.47 Å². The van der Waals surface area contributed by atoms with Gasteiger partial charge in [-0.05, 0) is 26.0 Å². The van der Waals surface area contributed by atoms with Crippen molar-refractivity contribution in [2.45, 2.75) is 26.0 Å². The molecule has 1 atom stereocenters. The molecule has 3 rings (SSSR count). The molecule has 8 nitrogen and oxygen atoms in total. The molecule has 1 aromatic heterocycles. The second-order valence-electron chi connectivity index (χ2n) is 6.68. The number of halogens is 2. The first-order valence-electron chi connectivity index (χ1n) is 9.17. The number of anilines is 1. The molecule has 0 aliphatic carbocycles. The summed E-state index contributed by atoms with van der Waals surface area (Å²) >= 11 is 5.67. The van der Waals surface area contributed by atoms with Crippen LogP contribution in [0, 0.1) is 5.82 Å². The molecule has 1 amide bonds. The molecule has 0 radical (unpaired) electrons. The summed E-state index contributed by atoms with van der Waals surface area (Å²) < 4.78 is 21.4. The summed E-state index contributed by atoms with van der Waals surface area (Å²) in [7, 11) is 0. The average molecular weight is 426 g/mol. The van der Waals surface area contributed by atoms with E-state index in [-0.39, 0.29) is 5.39 Å². The van der Waals surface area contributed by atoms with E-state index < -0.39 is 34.4 Å². The van der Waals surface area contributed by atoms with Crippen molar-refractivity contribution >= 4 is 40.3 Å². The highest BCUT2D eigenvalue weighted by Gasteiger charge is 2.25. The van der Waals surface area contributed by atoms with Gasteiger partial charge in [0.1, 0.15) is 11.4 Å². The van der Waals surface area contributed by atoms with Gasteiger partial charge in [-0.15, -0.1) is 0 Å². The van der Waals surface area contributed by atoms with E-state index in [4.69, 9.17) is 16.3 Å². The topological polar surface area (TPSA) is 92.1 Å². The van der Waals surface area contributed by atoms with Crippen LogP contribution in [0.4, 0.5) is 14.9 Å². The van der Waals surface area contributed by atoms with Gasteiger partial charge in [0.05, 0.1) is 11.2 Å². The zero-order chi connectivity index (χ0) is 21.3. The number of fused-ring (bicyclic) bond motifs is 1. The molecule has 0 saturated carbocycles. The van der Waals surface area contributed by atoms with Crippen LogP contribution in [0.2, 0.25) is 0 Å². The highest BCUT2D eigenvalue weighted by molar-refractivity contribution is 6.19. The van der Waals surface area contributed by atoms with Gasteiger partial charge in [-0.1, -0.05) is 11.6 Å². The third-order valence-corrected chi connectivity index (χ3v) is 4.95. The van der Waals surface area contributed by atoms with Crippen molar-refractivity contribution in [2.75, 3.05) is 31.1 Å². The maximum absolute atomic E-state index is 14.8. The lowest BCUT2D eigenvalue weighted by Crippen LogP contribution is -2.49. The van der Waals surface area contributed by atoms with E-state index in [1.807, 2.05) is 0 Å². The fourth-order valence-electron chi connectivity index (χ4n) is 3.40. The number of aromatic carboxylic acids is 1. The monoisotopic (exact) mass is 425 g/mol. The van der Waals surface area contributed by atoms with E-state index in [9.17, 15) is 23.9 Å². The molecular formula is C19H21ClFN3O5. The molecule has 1 aliphatic heterocycles. The summed E-state index contributed by atoms with van der Waals surface area (Å²) in [6.07, 6.45) is 0.753. The molecule has 2 aromatic rings. The Bertz CT molecular complexity index is 1020. The Morgan fingerprint density at radius 3 is 2.48 bits per heavy atom. The lowest BCUT2D eigenvalue weighted by atomic mass is 10.1. The number of amides is 1. The molecular weight excluding hydrogens is 405 g/mol. The molecule has 156 valence electrons. The molecule has 0 bridgehead atoms. The highest BCUT2D eigenvalue weighted by atomic mass is 35.5. The summed E-state index contributed by atoms with van der Waals surface area (Å²) in [6.45, 7) is 5.18. The third kappa shape index (κ3) is 4.14. The number of nitrogens with zero attached hydrogens (tertiary/aromatic N) is 3. The average Bonchev–Trinajstić information content (AvgIpc) is 2.67. The largest absolute Gasteiger partial charge is 0.477 e. The smallest absolute Gasteiger partial charge is 0.411 e. The zero-order valence-electron chi connectivity index (χ0n) is 16.0. The fraction of sp³-hybridized carbons (Fsp3) is 0.421.